The zero-order valence-electron chi connectivity index (χ0n) is 12.1. The molecule has 1 aliphatic rings. The van der Waals surface area contributed by atoms with Gasteiger partial charge in [0, 0.05) is 29.7 Å². The van der Waals surface area contributed by atoms with E-state index in [1.165, 1.54) is 0 Å². The van der Waals surface area contributed by atoms with Crippen molar-refractivity contribution in [3.05, 3.63) is 43.0 Å². The number of piperidine rings is 1. The van der Waals surface area contributed by atoms with E-state index in [1.54, 1.807) is 12.5 Å². The molecule has 0 spiro atoms. The standard InChI is InChI=1S/C15H18N4O.2ClH/c20-15(12-4-6-16-7-5-12)18-13-2-1-3-14(10-13)19-9-8-17-11-19;;/h1-3,8-12,16H,4-7H2,(H,18,20);2*1H. The van der Waals surface area contributed by atoms with E-state index in [2.05, 4.69) is 15.6 Å². The van der Waals surface area contributed by atoms with E-state index in [0.29, 0.717) is 0 Å². The summed E-state index contributed by atoms with van der Waals surface area (Å²) in [6, 6.07) is 7.80. The summed E-state index contributed by atoms with van der Waals surface area (Å²) in [7, 11) is 0. The second-order valence-electron chi connectivity index (χ2n) is 5.03. The van der Waals surface area contributed by atoms with Crippen LogP contribution in [0.5, 0.6) is 0 Å². The highest BCUT2D eigenvalue weighted by atomic mass is 35.5. The van der Waals surface area contributed by atoms with Crippen LogP contribution in [-0.4, -0.2) is 28.5 Å². The molecular weight excluding hydrogens is 323 g/mol. The van der Waals surface area contributed by atoms with Crippen molar-refractivity contribution in [2.75, 3.05) is 18.4 Å². The normalized spacial score (nSPS) is 14.5. The quantitative estimate of drug-likeness (QED) is 0.901. The number of carbonyl (C=O) groups excluding carboxylic acids is 1. The highest BCUT2D eigenvalue weighted by Gasteiger charge is 2.20. The minimum atomic E-state index is 0. The van der Waals surface area contributed by atoms with Gasteiger partial charge in [-0.25, -0.2) is 4.98 Å². The van der Waals surface area contributed by atoms with Crippen LogP contribution in [0.15, 0.2) is 43.0 Å². The molecule has 0 radical (unpaired) electrons. The topological polar surface area (TPSA) is 59.0 Å². The Labute approximate surface area is 142 Å². The zero-order valence-corrected chi connectivity index (χ0v) is 13.7. The lowest BCUT2D eigenvalue weighted by molar-refractivity contribution is -0.120. The molecule has 120 valence electrons. The number of nitrogens with one attached hydrogen (secondary N) is 2. The molecule has 1 aromatic carbocycles. The molecule has 1 fully saturated rings. The van der Waals surface area contributed by atoms with Gasteiger partial charge in [-0.2, -0.15) is 0 Å². The lowest BCUT2D eigenvalue weighted by Gasteiger charge is -2.21. The summed E-state index contributed by atoms with van der Waals surface area (Å²) >= 11 is 0. The highest BCUT2D eigenvalue weighted by molar-refractivity contribution is 5.92. The van der Waals surface area contributed by atoms with Gasteiger partial charge in [-0.15, -0.1) is 24.8 Å². The first-order chi connectivity index (χ1) is 9.83. The van der Waals surface area contributed by atoms with Gasteiger partial charge in [0.1, 0.15) is 0 Å². The van der Waals surface area contributed by atoms with Gasteiger partial charge in [0.15, 0.2) is 0 Å². The summed E-state index contributed by atoms with van der Waals surface area (Å²) in [5, 5.41) is 6.28. The number of benzene rings is 1. The Morgan fingerprint density at radius 1 is 1.27 bits per heavy atom. The number of hydrogen-bond acceptors (Lipinski definition) is 3. The molecule has 3 rings (SSSR count). The zero-order chi connectivity index (χ0) is 13.8. The predicted molar refractivity (Wildman–Crippen MR) is 92.3 cm³/mol. The van der Waals surface area contributed by atoms with Gasteiger partial charge < -0.3 is 15.2 Å². The lowest BCUT2D eigenvalue weighted by Crippen LogP contribution is -2.34. The van der Waals surface area contributed by atoms with Gasteiger partial charge >= 0.3 is 0 Å². The third-order valence-electron chi connectivity index (χ3n) is 3.63. The van der Waals surface area contributed by atoms with Crippen LogP contribution in [0, 0.1) is 5.92 Å². The second-order valence-corrected chi connectivity index (χ2v) is 5.03. The average Bonchev–Trinajstić information content (AvgIpc) is 3.03. The van der Waals surface area contributed by atoms with E-state index in [4.69, 9.17) is 0 Å². The van der Waals surface area contributed by atoms with Gasteiger partial charge in [-0.1, -0.05) is 6.07 Å². The van der Waals surface area contributed by atoms with E-state index in [9.17, 15) is 4.79 Å². The molecule has 1 aliphatic heterocycles. The van der Waals surface area contributed by atoms with Crippen LogP contribution in [-0.2, 0) is 4.79 Å². The first kappa shape index (κ1) is 18.5. The maximum absolute atomic E-state index is 12.2. The van der Waals surface area contributed by atoms with Crippen LogP contribution in [0.3, 0.4) is 0 Å². The number of aromatic nitrogens is 2. The molecule has 0 atom stereocenters. The fourth-order valence-corrected chi connectivity index (χ4v) is 2.48. The van der Waals surface area contributed by atoms with Crippen molar-refractivity contribution in [2.24, 2.45) is 5.92 Å². The van der Waals surface area contributed by atoms with Gasteiger partial charge in [0.05, 0.1) is 6.33 Å². The molecule has 0 aliphatic carbocycles. The molecule has 1 saturated heterocycles. The number of imidazole rings is 1. The third-order valence-corrected chi connectivity index (χ3v) is 3.63. The number of rotatable bonds is 3. The van der Waals surface area contributed by atoms with Gasteiger partial charge in [0.2, 0.25) is 5.91 Å². The number of hydrogen-bond donors (Lipinski definition) is 2. The van der Waals surface area contributed by atoms with Gasteiger partial charge in [0.25, 0.3) is 0 Å². The molecule has 0 saturated carbocycles. The van der Waals surface area contributed by atoms with E-state index < -0.39 is 0 Å². The molecule has 1 amide bonds. The summed E-state index contributed by atoms with van der Waals surface area (Å²) < 4.78 is 1.92. The molecule has 1 aromatic heterocycles. The molecule has 2 N–H and O–H groups in total. The predicted octanol–water partition coefficient (Wildman–Crippen LogP) is 2.65. The molecule has 5 nitrogen and oxygen atoms in total. The van der Waals surface area contributed by atoms with Crippen molar-refractivity contribution >= 4 is 36.4 Å². The second kappa shape index (κ2) is 8.78. The van der Waals surface area contributed by atoms with E-state index in [1.807, 2.05) is 35.0 Å². The van der Waals surface area contributed by atoms with Crippen LogP contribution >= 0.6 is 24.8 Å². The Morgan fingerprint density at radius 2 is 2.05 bits per heavy atom. The van der Waals surface area contributed by atoms with E-state index in [-0.39, 0.29) is 36.6 Å². The van der Waals surface area contributed by atoms with Crippen molar-refractivity contribution in [3.8, 4) is 5.69 Å². The fourth-order valence-electron chi connectivity index (χ4n) is 2.48. The molecule has 7 heteroatoms. The van der Waals surface area contributed by atoms with Crippen LogP contribution in [0.1, 0.15) is 12.8 Å². The van der Waals surface area contributed by atoms with Gasteiger partial charge in [-0.3, -0.25) is 4.79 Å². The first-order valence-corrected chi connectivity index (χ1v) is 6.93. The number of halogens is 2. The van der Waals surface area contributed by atoms with Crippen molar-refractivity contribution in [1.29, 1.82) is 0 Å². The highest BCUT2D eigenvalue weighted by Crippen LogP contribution is 2.18. The summed E-state index contributed by atoms with van der Waals surface area (Å²) in [5.74, 6) is 0.238. The van der Waals surface area contributed by atoms with Crippen LogP contribution in [0.4, 0.5) is 5.69 Å². The van der Waals surface area contributed by atoms with Crippen molar-refractivity contribution in [1.82, 2.24) is 14.9 Å². The van der Waals surface area contributed by atoms with E-state index in [0.717, 1.165) is 37.3 Å². The van der Waals surface area contributed by atoms with Crippen LogP contribution in [0.2, 0.25) is 0 Å². The number of nitrogens with zero attached hydrogens (tertiary/aromatic N) is 2. The SMILES string of the molecule is Cl.Cl.O=C(Nc1cccc(-n2ccnc2)c1)C1CCNCC1. The van der Waals surface area contributed by atoms with E-state index >= 15 is 0 Å². The fraction of sp³-hybridized carbons (Fsp3) is 0.333. The summed E-state index contributed by atoms with van der Waals surface area (Å²) in [6.07, 6.45) is 7.18. The number of carbonyl (C=O) groups is 1. The minimum Gasteiger partial charge on any atom is -0.326 e. The maximum Gasteiger partial charge on any atom is 0.227 e. The summed E-state index contributed by atoms with van der Waals surface area (Å²) in [5.41, 5.74) is 1.82. The van der Waals surface area contributed by atoms with Crippen molar-refractivity contribution in [2.45, 2.75) is 12.8 Å². The smallest absolute Gasteiger partial charge is 0.227 e. The van der Waals surface area contributed by atoms with Crippen LogP contribution in [0.25, 0.3) is 5.69 Å². The number of anilines is 1. The van der Waals surface area contributed by atoms with Crippen LogP contribution < -0.4 is 10.6 Å². The van der Waals surface area contributed by atoms with Crippen molar-refractivity contribution < 1.29 is 4.79 Å². The Morgan fingerprint density at radius 3 is 2.73 bits per heavy atom. The Hall–Kier alpha value is -1.56. The Kier molecular flexibility index (Phi) is 7.38. The summed E-state index contributed by atoms with van der Waals surface area (Å²) in [6.45, 7) is 1.85. The lowest BCUT2D eigenvalue weighted by atomic mass is 9.97. The Balaban J connectivity index is 0.00000121. The van der Waals surface area contributed by atoms with Gasteiger partial charge in [-0.05, 0) is 44.1 Å². The Bertz CT molecular complexity index is 583. The minimum absolute atomic E-state index is 0. The first-order valence-electron chi connectivity index (χ1n) is 6.93. The van der Waals surface area contributed by atoms with Crippen molar-refractivity contribution in [3.63, 3.8) is 0 Å². The molecule has 0 unspecified atom stereocenters. The largest absolute Gasteiger partial charge is 0.326 e. The molecule has 2 aromatic rings. The molecule has 0 bridgehead atoms. The average molecular weight is 343 g/mol. The molecule has 2 heterocycles. The number of amides is 1. The molecular formula is C15H20Cl2N4O. The monoisotopic (exact) mass is 342 g/mol. The summed E-state index contributed by atoms with van der Waals surface area (Å²) in [4.78, 5) is 16.2. The molecule has 22 heavy (non-hydrogen) atoms. The third kappa shape index (κ3) is 4.47. The maximum atomic E-state index is 12.2.